The molecule has 1 unspecified atom stereocenters. The van der Waals surface area contributed by atoms with Crippen molar-refractivity contribution in [3.05, 3.63) is 29.7 Å². The van der Waals surface area contributed by atoms with Gasteiger partial charge in [0.25, 0.3) is 5.91 Å². The molecule has 0 radical (unpaired) electrons. The number of nitrogens with zero attached hydrogens (tertiary/aromatic N) is 4. The highest BCUT2D eigenvalue weighted by atomic mass is 32.1. The monoisotopic (exact) mass is 320 g/mol. The summed E-state index contributed by atoms with van der Waals surface area (Å²) in [4.78, 5) is 37.3. The van der Waals surface area contributed by atoms with Crippen LogP contribution in [0.1, 0.15) is 10.5 Å². The van der Waals surface area contributed by atoms with Crippen molar-refractivity contribution in [2.24, 2.45) is 0 Å². The fraction of sp³-hybridized carbons (Fsp3) is 0.308. The molecule has 3 rings (SSSR count). The third-order valence-corrected chi connectivity index (χ3v) is 4.04. The quantitative estimate of drug-likeness (QED) is 0.879. The standard InChI is InChI=1S/C13H12N4O4S/c18-12(17-3-4-21-6-10(17)13(19)20)9-7-22-11(16-9)8-5-14-1-2-15-8/h1-2,5,7,10H,3-4,6H2,(H,19,20). The van der Waals surface area contributed by atoms with E-state index in [4.69, 9.17) is 4.74 Å². The van der Waals surface area contributed by atoms with E-state index in [2.05, 4.69) is 15.0 Å². The molecule has 1 atom stereocenters. The van der Waals surface area contributed by atoms with E-state index in [1.54, 1.807) is 24.0 Å². The highest BCUT2D eigenvalue weighted by Crippen LogP contribution is 2.22. The molecule has 0 spiro atoms. The van der Waals surface area contributed by atoms with Crippen LogP contribution in [-0.2, 0) is 9.53 Å². The van der Waals surface area contributed by atoms with Gasteiger partial charge in [-0.05, 0) is 0 Å². The Kier molecular flexibility index (Phi) is 4.07. The fourth-order valence-electron chi connectivity index (χ4n) is 2.10. The maximum absolute atomic E-state index is 12.5. The van der Waals surface area contributed by atoms with Crippen molar-refractivity contribution in [2.45, 2.75) is 6.04 Å². The smallest absolute Gasteiger partial charge is 0.328 e. The molecule has 3 heterocycles. The zero-order valence-electron chi connectivity index (χ0n) is 11.4. The first kappa shape index (κ1) is 14.5. The zero-order valence-corrected chi connectivity index (χ0v) is 12.2. The van der Waals surface area contributed by atoms with Crippen molar-refractivity contribution in [1.29, 1.82) is 0 Å². The van der Waals surface area contributed by atoms with E-state index in [1.807, 2.05) is 0 Å². The molecule has 9 heteroatoms. The molecule has 1 aliphatic rings. The van der Waals surface area contributed by atoms with Crippen molar-refractivity contribution in [3.8, 4) is 10.7 Å². The molecule has 2 aromatic heterocycles. The molecular weight excluding hydrogens is 308 g/mol. The van der Waals surface area contributed by atoms with Crippen molar-refractivity contribution in [3.63, 3.8) is 0 Å². The lowest BCUT2D eigenvalue weighted by atomic mass is 10.2. The summed E-state index contributed by atoms with van der Waals surface area (Å²) < 4.78 is 5.12. The second kappa shape index (κ2) is 6.16. The van der Waals surface area contributed by atoms with Gasteiger partial charge in [-0.25, -0.2) is 9.78 Å². The van der Waals surface area contributed by atoms with Crippen LogP contribution in [0.25, 0.3) is 10.7 Å². The van der Waals surface area contributed by atoms with Crippen LogP contribution < -0.4 is 0 Å². The first-order valence-electron chi connectivity index (χ1n) is 6.50. The summed E-state index contributed by atoms with van der Waals surface area (Å²) in [5.41, 5.74) is 0.780. The lowest BCUT2D eigenvalue weighted by Crippen LogP contribution is -2.52. The average Bonchev–Trinajstić information content (AvgIpc) is 3.05. The molecule has 2 aromatic rings. The number of rotatable bonds is 3. The number of carboxylic acids is 1. The van der Waals surface area contributed by atoms with Crippen LogP contribution in [0.15, 0.2) is 24.0 Å². The molecule has 1 fully saturated rings. The molecule has 1 amide bonds. The van der Waals surface area contributed by atoms with Crippen molar-refractivity contribution in [1.82, 2.24) is 19.9 Å². The third-order valence-electron chi connectivity index (χ3n) is 3.18. The molecule has 1 saturated heterocycles. The lowest BCUT2D eigenvalue weighted by Gasteiger charge is -2.32. The second-order valence-electron chi connectivity index (χ2n) is 4.56. The first-order valence-corrected chi connectivity index (χ1v) is 7.38. The minimum Gasteiger partial charge on any atom is -0.480 e. The summed E-state index contributed by atoms with van der Waals surface area (Å²) >= 11 is 1.26. The van der Waals surface area contributed by atoms with Gasteiger partial charge in [0.2, 0.25) is 0 Å². The van der Waals surface area contributed by atoms with Gasteiger partial charge in [0.05, 0.1) is 19.4 Å². The number of aliphatic carboxylic acids is 1. The van der Waals surface area contributed by atoms with E-state index < -0.39 is 17.9 Å². The topological polar surface area (TPSA) is 106 Å². The SMILES string of the molecule is O=C(O)C1COCCN1C(=O)c1csc(-c2cnccn2)n1. The number of hydrogen-bond acceptors (Lipinski definition) is 7. The first-order chi connectivity index (χ1) is 10.7. The van der Waals surface area contributed by atoms with Crippen LogP contribution in [0, 0.1) is 0 Å². The summed E-state index contributed by atoms with van der Waals surface area (Å²) in [6.07, 6.45) is 4.65. The minimum atomic E-state index is -1.09. The van der Waals surface area contributed by atoms with Gasteiger partial charge in [0.1, 0.15) is 16.4 Å². The molecule has 1 N–H and O–H groups in total. The van der Waals surface area contributed by atoms with Crippen LogP contribution in [-0.4, -0.2) is 62.6 Å². The van der Waals surface area contributed by atoms with Gasteiger partial charge in [-0.1, -0.05) is 0 Å². The maximum atomic E-state index is 12.5. The predicted octanol–water partition coefficient (Wildman–Crippen LogP) is 0.526. The van der Waals surface area contributed by atoms with E-state index in [1.165, 1.54) is 16.2 Å². The van der Waals surface area contributed by atoms with Crippen LogP contribution >= 0.6 is 11.3 Å². The number of thiazole rings is 1. The molecule has 1 aliphatic heterocycles. The van der Waals surface area contributed by atoms with E-state index in [0.29, 0.717) is 17.3 Å². The van der Waals surface area contributed by atoms with E-state index in [0.717, 1.165) is 0 Å². The number of carbonyl (C=O) groups is 2. The van der Waals surface area contributed by atoms with Gasteiger partial charge in [-0.15, -0.1) is 11.3 Å². The summed E-state index contributed by atoms with van der Waals surface area (Å²) in [6.45, 7) is 0.534. The van der Waals surface area contributed by atoms with Crippen molar-refractivity contribution >= 4 is 23.2 Å². The van der Waals surface area contributed by atoms with Gasteiger partial charge in [0, 0.05) is 24.3 Å². The Balaban J connectivity index is 1.83. The number of ether oxygens (including phenoxy) is 1. The van der Waals surface area contributed by atoms with Crippen LogP contribution in [0.3, 0.4) is 0 Å². The summed E-state index contributed by atoms with van der Waals surface area (Å²) in [5, 5.41) is 11.3. The summed E-state index contributed by atoms with van der Waals surface area (Å²) in [7, 11) is 0. The predicted molar refractivity (Wildman–Crippen MR) is 76.4 cm³/mol. The molecular formula is C13H12N4O4S. The molecule has 0 saturated carbocycles. The highest BCUT2D eigenvalue weighted by Gasteiger charge is 2.34. The molecule has 0 aromatic carbocycles. The maximum Gasteiger partial charge on any atom is 0.328 e. The highest BCUT2D eigenvalue weighted by molar-refractivity contribution is 7.13. The van der Waals surface area contributed by atoms with E-state index >= 15 is 0 Å². The van der Waals surface area contributed by atoms with Crippen LogP contribution in [0.2, 0.25) is 0 Å². The van der Waals surface area contributed by atoms with Gasteiger partial charge in [0.15, 0.2) is 6.04 Å². The molecule has 0 aliphatic carbocycles. The Morgan fingerprint density at radius 3 is 3.00 bits per heavy atom. The minimum absolute atomic E-state index is 0.0117. The Hall–Kier alpha value is -2.39. The molecule has 114 valence electrons. The van der Waals surface area contributed by atoms with Crippen molar-refractivity contribution < 1.29 is 19.4 Å². The normalized spacial score (nSPS) is 18.2. The van der Waals surface area contributed by atoms with E-state index in [9.17, 15) is 14.7 Å². The van der Waals surface area contributed by atoms with Crippen molar-refractivity contribution in [2.75, 3.05) is 19.8 Å². The Labute approximate surface area is 129 Å². The second-order valence-corrected chi connectivity index (χ2v) is 5.41. The van der Waals surface area contributed by atoms with Crippen LogP contribution in [0.4, 0.5) is 0 Å². The number of morpholine rings is 1. The number of aromatic nitrogens is 3. The zero-order chi connectivity index (χ0) is 15.5. The average molecular weight is 320 g/mol. The van der Waals surface area contributed by atoms with Gasteiger partial charge >= 0.3 is 5.97 Å². The Bertz CT molecular complexity index is 690. The van der Waals surface area contributed by atoms with Gasteiger partial charge in [-0.2, -0.15) is 0 Å². The number of amides is 1. The summed E-state index contributed by atoms with van der Waals surface area (Å²) in [5.74, 6) is -1.50. The van der Waals surface area contributed by atoms with E-state index in [-0.39, 0.29) is 18.8 Å². The van der Waals surface area contributed by atoms with Crippen LogP contribution in [0.5, 0.6) is 0 Å². The summed E-state index contributed by atoms with van der Waals surface area (Å²) in [6, 6.07) is -0.983. The lowest BCUT2D eigenvalue weighted by molar-refractivity contribution is -0.147. The fourth-order valence-corrected chi connectivity index (χ4v) is 2.85. The van der Waals surface area contributed by atoms with Gasteiger partial charge in [-0.3, -0.25) is 14.8 Å². The largest absolute Gasteiger partial charge is 0.480 e. The third kappa shape index (κ3) is 2.81. The number of hydrogen-bond donors (Lipinski definition) is 1. The number of carboxylic acid groups (broad SMARTS) is 1. The van der Waals surface area contributed by atoms with Gasteiger partial charge < -0.3 is 14.7 Å². The Morgan fingerprint density at radius 1 is 1.41 bits per heavy atom. The number of carbonyl (C=O) groups excluding carboxylic acids is 1. The molecule has 22 heavy (non-hydrogen) atoms. The molecule has 0 bridgehead atoms. The Morgan fingerprint density at radius 2 is 2.27 bits per heavy atom. The molecule has 8 nitrogen and oxygen atoms in total.